The SMILES string of the molecule is O=C(O)c1cc(OCc2ccc(OC(F)=C(F)F)cc2)cc(OCc2ccc(OC(F)=C(F)F)cc2)c1. The van der Waals surface area contributed by atoms with E-state index in [1.807, 2.05) is 0 Å². The number of hydrogen-bond donors (Lipinski definition) is 1. The van der Waals surface area contributed by atoms with Crippen molar-refractivity contribution in [1.82, 2.24) is 0 Å². The van der Waals surface area contributed by atoms with Gasteiger partial charge in [0.05, 0.1) is 5.56 Å². The van der Waals surface area contributed by atoms with Crippen molar-refractivity contribution in [2.45, 2.75) is 13.2 Å². The first-order valence-corrected chi connectivity index (χ1v) is 10.2. The standard InChI is InChI=1S/C25H16F6O6/c26-21(27)23(30)36-17-5-1-14(2-6-17)12-34-19-9-16(25(32)33)10-20(11-19)35-13-15-3-7-18(8-4-15)37-24(31)22(28)29/h1-11H,12-13H2,(H,32,33). The quantitative estimate of drug-likeness (QED) is 0.208. The Hall–Kier alpha value is -4.61. The summed E-state index contributed by atoms with van der Waals surface area (Å²) in [6.07, 6.45) is -5.18. The lowest BCUT2D eigenvalue weighted by Crippen LogP contribution is -2.02. The van der Waals surface area contributed by atoms with Crippen LogP contribution in [0, 0.1) is 0 Å². The number of carboxylic acid groups (broad SMARTS) is 1. The van der Waals surface area contributed by atoms with Crippen LogP contribution in [0.4, 0.5) is 26.3 Å². The van der Waals surface area contributed by atoms with E-state index in [0.29, 0.717) is 11.1 Å². The van der Waals surface area contributed by atoms with Crippen LogP contribution < -0.4 is 18.9 Å². The first kappa shape index (κ1) is 27.0. The summed E-state index contributed by atoms with van der Waals surface area (Å²) < 4.78 is 94.1. The van der Waals surface area contributed by atoms with E-state index in [2.05, 4.69) is 9.47 Å². The Morgan fingerprint density at radius 3 is 1.30 bits per heavy atom. The average Bonchev–Trinajstić information content (AvgIpc) is 2.87. The molecule has 6 nitrogen and oxygen atoms in total. The smallest absolute Gasteiger partial charge is 0.344 e. The highest BCUT2D eigenvalue weighted by Crippen LogP contribution is 2.26. The number of carboxylic acids is 1. The van der Waals surface area contributed by atoms with Gasteiger partial charge in [0.15, 0.2) is 0 Å². The van der Waals surface area contributed by atoms with Gasteiger partial charge in [-0.3, -0.25) is 0 Å². The zero-order valence-electron chi connectivity index (χ0n) is 18.5. The minimum absolute atomic E-state index is 0.0511. The molecule has 3 aromatic carbocycles. The molecule has 0 aliphatic carbocycles. The van der Waals surface area contributed by atoms with Gasteiger partial charge in [-0.25, -0.2) is 4.79 Å². The molecule has 12 heteroatoms. The molecular weight excluding hydrogens is 510 g/mol. The number of rotatable bonds is 11. The van der Waals surface area contributed by atoms with E-state index in [9.17, 15) is 36.2 Å². The van der Waals surface area contributed by atoms with Gasteiger partial charge in [-0.15, -0.1) is 0 Å². The van der Waals surface area contributed by atoms with Crippen LogP contribution in [0.15, 0.2) is 90.9 Å². The maximum atomic E-state index is 12.9. The topological polar surface area (TPSA) is 74.2 Å². The Kier molecular flexibility index (Phi) is 9.03. The summed E-state index contributed by atoms with van der Waals surface area (Å²) in [6.45, 7) is -0.102. The van der Waals surface area contributed by atoms with Gasteiger partial charge in [-0.05, 0) is 47.5 Å². The molecule has 0 saturated carbocycles. The maximum absolute atomic E-state index is 12.9. The van der Waals surface area contributed by atoms with Gasteiger partial charge in [-0.1, -0.05) is 24.3 Å². The van der Waals surface area contributed by atoms with E-state index >= 15 is 0 Å². The second-order valence-corrected chi connectivity index (χ2v) is 7.14. The van der Waals surface area contributed by atoms with Crippen LogP contribution in [0.25, 0.3) is 0 Å². The molecule has 0 fully saturated rings. The van der Waals surface area contributed by atoms with Crippen LogP contribution in [0.5, 0.6) is 23.0 Å². The summed E-state index contributed by atoms with van der Waals surface area (Å²) in [5, 5.41) is 9.37. The van der Waals surface area contributed by atoms with Crippen molar-refractivity contribution in [3.63, 3.8) is 0 Å². The maximum Gasteiger partial charge on any atom is 0.344 e. The Bertz CT molecular complexity index is 1210. The van der Waals surface area contributed by atoms with Gasteiger partial charge < -0.3 is 24.1 Å². The molecular formula is C25H16F6O6. The van der Waals surface area contributed by atoms with Crippen molar-refractivity contribution in [3.05, 3.63) is 108 Å². The molecule has 0 unspecified atom stereocenters. The lowest BCUT2D eigenvalue weighted by atomic mass is 10.2. The van der Waals surface area contributed by atoms with E-state index in [1.54, 1.807) is 0 Å². The van der Waals surface area contributed by atoms with E-state index in [1.165, 1.54) is 66.7 Å². The van der Waals surface area contributed by atoms with Crippen LogP contribution in [-0.4, -0.2) is 11.1 Å². The number of ether oxygens (including phenoxy) is 4. The second-order valence-electron chi connectivity index (χ2n) is 7.14. The van der Waals surface area contributed by atoms with Crippen LogP contribution in [0.3, 0.4) is 0 Å². The van der Waals surface area contributed by atoms with Gasteiger partial charge in [-0.2, -0.15) is 26.3 Å². The highest BCUT2D eigenvalue weighted by molar-refractivity contribution is 5.88. The summed E-state index contributed by atoms with van der Waals surface area (Å²) >= 11 is 0. The Balaban J connectivity index is 1.64. The van der Waals surface area contributed by atoms with Gasteiger partial charge in [0.25, 0.3) is 0 Å². The molecule has 3 rings (SSSR count). The van der Waals surface area contributed by atoms with Gasteiger partial charge in [0.1, 0.15) is 36.2 Å². The third kappa shape index (κ3) is 8.23. The van der Waals surface area contributed by atoms with E-state index in [-0.39, 0.29) is 41.8 Å². The fourth-order valence-corrected chi connectivity index (χ4v) is 2.79. The zero-order valence-corrected chi connectivity index (χ0v) is 18.5. The van der Waals surface area contributed by atoms with Crippen LogP contribution in [-0.2, 0) is 13.2 Å². The Morgan fingerprint density at radius 2 is 0.973 bits per heavy atom. The summed E-state index contributed by atoms with van der Waals surface area (Å²) in [7, 11) is 0. The van der Waals surface area contributed by atoms with Crippen molar-refractivity contribution in [2.75, 3.05) is 0 Å². The predicted molar refractivity (Wildman–Crippen MR) is 117 cm³/mol. The van der Waals surface area contributed by atoms with Crippen molar-refractivity contribution < 1.29 is 55.2 Å². The first-order chi connectivity index (χ1) is 17.6. The molecule has 194 valence electrons. The number of carbonyl (C=O) groups is 1. The molecule has 0 radical (unpaired) electrons. The summed E-state index contributed by atoms with van der Waals surface area (Å²) in [4.78, 5) is 11.5. The molecule has 0 amide bonds. The van der Waals surface area contributed by atoms with E-state index in [0.717, 1.165) is 0 Å². The molecule has 0 spiro atoms. The largest absolute Gasteiger partial charge is 0.489 e. The van der Waals surface area contributed by atoms with Crippen molar-refractivity contribution in [2.24, 2.45) is 0 Å². The Labute approximate surface area is 205 Å². The molecule has 0 aliphatic rings. The van der Waals surface area contributed by atoms with E-state index < -0.39 is 30.2 Å². The molecule has 0 aromatic heterocycles. The molecule has 0 saturated heterocycles. The highest BCUT2D eigenvalue weighted by atomic mass is 19.3. The fourth-order valence-electron chi connectivity index (χ4n) is 2.79. The fraction of sp³-hybridized carbons (Fsp3) is 0.0800. The van der Waals surface area contributed by atoms with Crippen LogP contribution >= 0.6 is 0 Å². The van der Waals surface area contributed by atoms with Crippen LogP contribution in [0.1, 0.15) is 21.5 Å². The molecule has 0 aliphatic heterocycles. The molecule has 0 bridgehead atoms. The number of benzene rings is 3. The van der Waals surface area contributed by atoms with Gasteiger partial charge in [0.2, 0.25) is 0 Å². The minimum Gasteiger partial charge on any atom is -0.489 e. The van der Waals surface area contributed by atoms with E-state index in [4.69, 9.17) is 9.47 Å². The summed E-state index contributed by atoms with van der Waals surface area (Å²) in [5.74, 6) is -1.28. The monoisotopic (exact) mass is 526 g/mol. The summed E-state index contributed by atoms with van der Waals surface area (Å²) in [6, 6.07) is 10.7. The second kappa shape index (κ2) is 12.4. The lowest BCUT2D eigenvalue weighted by molar-refractivity contribution is 0.0695. The molecule has 0 atom stereocenters. The number of hydrogen-bond acceptors (Lipinski definition) is 5. The predicted octanol–water partition coefficient (Wildman–Crippen LogP) is 7.37. The molecule has 0 heterocycles. The zero-order chi connectivity index (χ0) is 26.9. The third-order valence-electron chi connectivity index (χ3n) is 4.50. The molecule has 1 N–H and O–H groups in total. The van der Waals surface area contributed by atoms with Gasteiger partial charge >= 0.3 is 30.2 Å². The molecule has 37 heavy (non-hydrogen) atoms. The Morgan fingerprint density at radius 1 is 0.595 bits per heavy atom. The first-order valence-electron chi connectivity index (χ1n) is 10.2. The average molecular weight is 526 g/mol. The highest BCUT2D eigenvalue weighted by Gasteiger charge is 2.12. The van der Waals surface area contributed by atoms with Crippen molar-refractivity contribution >= 4 is 5.97 Å². The third-order valence-corrected chi connectivity index (χ3v) is 4.50. The number of halogens is 6. The van der Waals surface area contributed by atoms with Crippen molar-refractivity contribution in [1.29, 1.82) is 0 Å². The summed E-state index contributed by atoms with van der Waals surface area (Å²) in [5.41, 5.74) is 0.954. The molecule has 3 aromatic rings. The van der Waals surface area contributed by atoms with Crippen LogP contribution in [0.2, 0.25) is 0 Å². The van der Waals surface area contributed by atoms with Gasteiger partial charge in [0, 0.05) is 6.07 Å². The van der Waals surface area contributed by atoms with Crippen molar-refractivity contribution in [3.8, 4) is 23.0 Å². The number of aromatic carboxylic acids is 1. The minimum atomic E-state index is -2.59. The normalized spacial score (nSPS) is 10.3. The lowest BCUT2D eigenvalue weighted by Gasteiger charge is -2.12.